The molecule has 1 aliphatic heterocycles. The minimum atomic E-state index is -0.396. The maximum atomic E-state index is 11.7. The lowest BCUT2D eigenvalue weighted by Crippen LogP contribution is -2.37. The van der Waals surface area contributed by atoms with Crippen LogP contribution >= 0.6 is 0 Å². The van der Waals surface area contributed by atoms with Crippen molar-refractivity contribution in [2.75, 3.05) is 34.3 Å². The lowest BCUT2D eigenvalue weighted by molar-refractivity contribution is -0.126. The highest BCUT2D eigenvalue weighted by atomic mass is 16.6. The molecule has 0 aliphatic carbocycles. The van der Waals surface area contributed by atoms with Gasteiger partial charge in [0.1, 0.15) is 5.60 Å². The minimum absolute atomic E-state index is 0.188. The molecule has 6 heteroatoms. The zero-order valence-electron chi connectivity index (χ0n) is 12.8. The fraction of sp³-hybridized carbons (Fsp3) is 0.846. The van der Waals surface area contributed by atoms with Crippen molar-refractivity contribution < 1.29 is 19.1 Å². The van der Waals surface area contributed by atoms with Gasteiger partial charge in [0.15, 0.2) is 0 Å². The number of nitrogens with zero attached hydrogens (tertiary/aromatic N) is 2. The maximum Gasteiger partial charge on any atom is 0.410 e. The van der Waals surface area contributed by atoms with Gasteiger partial charge in [0, 0.05) is 19.1 Å². The van der Waals surface area contributed by atoms with Crippen LogP contribution in [0.3, 0.4) is 0 Å². The van der Waals surface area contributed by atoms with Gasteiger partial charge in [-0.3, -0.25) is 4.79 Å². The Bertz CT molecular complexity index is 287. The van der Waals surface area contributed by atoms with E-state index in [-0.39, 0.29) is 6.09 Å². The highest BCUT2D eigenvalue weighted by Crippen LogP contribution is 2.17. The van der Waals surface area contributed by atoms with E-state index in [1.165, 1.54) is 7.11 Å². The molecular formula is C13H26N2O4. The molecule has 1 heterocycles. The van der Waals surface area contributed by atoms with Crippen molar-refractivity contribution >= 4 is 12.6 Å². The van der Waals surface area contributed by atoms with Crippen LogP contribution in [0.15, 0.2) is 0 Å². The smallest absolute Gasteiger partial charge is 0.410 e. The molecule has 1 aliphatic rings. The number of carbonyl (C=O) groups is 2. The molecule has 1 saturated heterocycles. The van der Waals surface area contributed by atoms with Crippen LogP contribution in [0.5, 0.6) is 0 Å². The van der Waals surface area contributed by atoms with Gasteiger partial charge in [-0.25, -0.2) is 4.79 Å². The molecule has 0 N–H and O–H groups in total. The highest BCUT2D eigenvalue weighted by Gasteiger charge is 2.30. The molecule has 0 radical (unpaired) electrons. The van der Waals surface area contributed by atoms with Gasteiger partial charge in [0.25, 0.3) is 6.47 Å². The number of hydrogen-bond acceptors (Lipinski definition) is 5. The predicted molar refractivity (Wildman–Crippen MR) is 73.0 cm³/mol. The van der Waals surface area contributed by atoms with E-state index < -0.39 is 5.60 Å². The number of rotatable bonds is 2. The summed E-state index contributed by atoms with van der Waals surface area (Å²) < 4.78 is 9.18. The zero-order chi connectivity index (χ0) is 15.1. The zero-order valence-corrected chi connectivity index (χ0v) is 12.8. The summed E-state index contributed by atoms with van der Waals surface area (Å²) in [4.78, 5) is 24.6. The molecule has 19 heavy (non-hydrogen) atoms. The van der Waals surface area contributed by atoms with Gasteiger partial charge in [-0.05, 0) is 41.3 Å². The average molecular weight is 274 g/mol. The first-order chi connectivity index (χ1) is 8.71. The average Bonchev–Trinajstić information content (AvgIpc) is 2.76. The fourth-order valence-corrected chi connectivity index (χ4v) is 1.66. The summed E-state index contributed by atoms with van der Waals surface area (Å²) in [5, 5.41) is 0. The quantitative estimate of drug-likeness (QED) is 0.711. The number of hydrogen-bond donors (Lipinski definition) is 0. The predicted octanol–water partition coefficient (Wildman–Crippen LogP) is 1.35. The molecule has 1 rings (SSSR count). The van der Waals surface area contributed by atoms with Crippen LogP contribution in [0.25, 0.3) is 0 Å². The number of likely N-dealkylation sites (tertiary alicyclic amines) is 1. The van der Waals surface area contributed by atoms with E-state index in [1.807, 2.05) is 34.9 Å². The maximum absolute atomic E-state index is 11.7. The Kier molecular flexibility index (Phi) is 7.44. The Morgan fingerprint density at radius 3 is 2.21 bits per heavy atom. The Labute approximate surface area is 115 Å². The van der Waals surface area contributed by atoms with Crippen LogP contribution < -0.4 is 0 Å². The van der Waals surface area contributed by atoms with E-state index >= 15 is 0 Å². The van der Waals surface area contributed by atoms with Crippen molar-refractivity contribution in [3.05, 3.63) is 0 Å². The second-order valence-electron chi connectivity index (χ2n) is 5.66. The van der Waals surface area contributed by atoms with E-state index in [2.05, 4.69) is 9.64 Å². The summed E-state index contributed by atoms with van der Waals surface area (Å²) in [5.74, 6) is 0. The third-order valence-corrected chi connectivity index (χ3v) is 2.64. The van der Waals surface area contributed by atoms with Crippen molar-refractivity contribution in [1.29, 1.82) is 0 Å². The molecule has 6 nitrogen and oxygen atoms in total. The summed E-state index contributed by atoms with van der Waals surface area (Å²) in [7, 11) is 5.40. The summed E-state index contributed by atoms with van der Waals surface area (Å²) in [6, 6.07) is 0.470. The lowest BCUT2D eigenvalue weighted by Gasteiger charge is -2.25. The number of likely N-dealkylation sites (N-methyl/N-ethyl adjacent to an activating group) is 1. The monoisotopic (exact) mass is 274 g/mol. The van der Waals surface area contributed by atoms with Crippen molar-refractivity contribution in [2.45, 2.75) is 38.8 Å². The Balaban J connectivity index is 0.000000711. The molecule has 0 aromatic carbocycles. The van der Waals surface area contributed by atoms with Crippen molar-refractivity contribution in [3.8, 4) is 0 Å². The Hall–Kier alpha value is -1.30. The van der Waals surface area contributed by atoms with Gasteiger partial charge in [-0.2, -0.15) is 0 Å². The topological polar surface area (TPSA) is 59.1 Å². The number of carbonyl (C=O) groups excluding carboxylic acids is 2. The molecule has 0 spiro atoms. The molecule has 112 valence electrons. The van der Waals surface area contributed by atoms with Gasteiger partial charge >= 0.3 is 6.09 Å². The van der Waals surface area contributed by atoms with E-state index in [4.69, 9.17) is 9.53 Å². The third-order valence-electron chi connectivity index (χ3n) is 2.64. The van der Waals surface area contributed by atoms with Crippen LogP contribution in [0, 0.1) is 0 Å². The van der Waals surface area contributed by atoms with Crippen molar-refractivity contribution in [1.82, 2.24) is 9.80 Å². The molecule has 0 saturated carbocycles. The van der Waals surface area contributed by atoms with Crippen LogP contribution in [0.1, 0.15) is 27.2 Å². The van der Waals surface area contributed by atoms with Gasteiger partial charge in [0.2, 0.25) is 0 Å². The molecule has 0 aromatic rings. The second-order valence-corrected chi connectivity index (χ2v) is 5.66. The largest absolute Gasteiger partial charge is 0.471 e. The first-order valence-corrected chi connectivity index (χ1v) is 6.32. The summed E-state index contributed by atoms with van der Waals surface area (Å²) in [6.07, 6.45) is 0.846. The first kappa shape index (κ1) is 17.7. The molecule has 0 unspecified atom stereocenters. The van der Waals surface area contributed by atoms with E-state index in [1.54, 1.807) is 4.90 Å². The Morgan fingerprint density at radius 2 is 1.89 bits per heavy atom. The number of ether oxygens (including phenoxy) is 2. The van der Waals surface area contributed by atoms with Gasteiger partial charge in [-0.15, -0.1) is 0 Å². The summed E-state index contributed by atoms with van der Waals surface area (Å²) in [6.45, 7) is 7.64. The van der Waals surface area contributed by atoms with Crippen molar-refractivity contribution in [2.24, 2.45) is 0 Å². The molecule has 1 amide bonds. The SMILES string of the molecule is CN(C)[C@H]1CCN(C(=O)OC(C)(C)C)C1.COC=O. The number of amides is 1. The van der Waals surface area contributed by atoms with Gasteiger partial charge < -0.3 is 19.3 Å². The first-order valence-electron chi connectivity index (χ1n) is 6.32. The van der Waals surface area contributed by atoms with Gasteiger partial charge in [0.05, 0.1) is 7.11 Å². The minimum Gasteiger partial charge on any atom is -0.471 e. The standard InChI is InChI=1S/C11H22N2O2.C2H4O2/c1-11(2,3)15-10(14)13-7-6-9(8-13)12(4)5;1-4-2-3/h9H,6-8H2,1-5H3;2H,1H3/t9-;/m0./s1. The summed E-state index contributed by atoms with van der Waals surface area (Å²) in [5.41, 5.74) is -0.396. The Morgan fingerprint density at radius 1 is 1.37 bits per heavy atom. The van der Waals surface area contributed by atoms with Crippen LogP contribution in [-0.2, 0) is 14.3 Å². The van der Waals surface area contributed by atoms with Crippen LogP contribution in [-0.4, -0.2) is 68.3 Å². The molecule has 1 fully saturated rings. The van der Waals surface area contributed by atoms with Crippen LogP contribution in [0.2, 0.25) is 0 Å². The summed E-state index contributed by atoms with van der Waals surface area (Å²) >= 11 is 0. The molecule has 0 bridgehead atoms. The van der Waals surface area contributed by atoms with E-state index in [0.717, 1.165) is 19.5 Å². The third kappa shape index (κ3) is 7.66. The molecule has 0 aromatic heterocycles. The second kappa shape index (κ2) is 7.99. The fourth-order valence-electron chi connectivity index (χ4n) is 1.66. The van der Waals surface area contributed by atoms with E-state index in [9.17, 15) is 4.79 Å². The van der Waals surface area contributed by atoms with Crippen LogP contribution in [0.4, 0.5) is 4.79 Å². The molecular weight excluding hydrogens is 248 g/mol. The van der Waals surface area contributed by atoms with Gasteiger partial charge in [-0.1, -0.05) is 0 Å². The van der Waals surface area contributed by atoms with Crippen molar-refractivity contribution in [3.63, 3.8) is 0 Å². The number of methoxy groups -OCH3 is 1. The highest BCUT2D eigenvalue weighted by molar-refractivity contribution is 5.68. The lowest BCUT2D eigenvalue weighted by atomic mass is 10.2. The normalized spacial score (nSPS) is 18.7. The van der Waals surface area contributed by atoms with E-state index in [0.29, 0.717) is 12.5 Å². The molecule has 1 atom stereocenters.